The van der Waals surface area contributed by atoms with E-state index in [1.165, 1.54) is 28.6 Å². The van der Waals surface area contributed by atoms with Gasteiger partial charge in [-0.3, -0.25) is 19.2 Å². The maximum Gasteiger partial charge on any atom is 0.250 e. The van der Waals surface area contributed by atoms with E-state index in [1.807, 2.05) is 0 Å². The van der Waals surface area contributed by atoms with Crippen LogP contribution in [0.15, 0.2) is 35.7 Å². The molecule has 2 aromatic rings. The third-order valence-electron chi connectivity index (χ3n) is 3.80. The SMILES string of the molecule is CC(=O)c1csc(NC(=O)/C=C/c2ccc(N3CCCS3(=O)=O)cc2)n1. The summed E-state index contributed by atoms with van der Waals surface area (Å²) < 4.78 is 25.2. The van der Waals surface area contributed by atoms with Crippen LogP contribution in [0.2, 0.25) is 0 Å². The first-order valence-corrected chi connectivity index (χ1v) is 10.4. The van der Waals surface area contributed by atoms with Gasteiger partial charge in [0.15, 0.2) is 10.9 Å². The van der Waals surface area contributed by atoms with Crippen LogP contribution in [0.1, 0.15) is 29.4 Å². The Morgan fingerprint density at radius 1 is 1.27 bits per heavy atom. The van der Waals surface area contributed by atoms with E-state index in [4.69, 9.17) is 0 Å². The van der Waals surface area contributed by atoms with E-state index in [-0.39, 0.29) is 17.4 Å². The highest BCUT2D eigenvalue weighted by Gasteiger charge is 2.28. The van der Waals surface area contributed by atoms with E-state index in [1.54, 1.807) is 35.7 Å². The number of anilines is 2. The molecule has 1 amide bonds. The van der Waals surface area contributed by atoms with Gasteiger partial charge in [-0.2, -0.15) is 0 Å². The predicted molar refractivity (Wildman–Crippen MR) is 102 cm³/mol. The summed E-state index contributed by atoms with van der Waals surface area (Å²) >= 11 is 1.18. The Hall–Kier alpha value is -2.52. The highest BCUT2D eigenvalue weighted by Crippen LogP contribution is 2.24. The van der Waals surface area contributed by atoms with E-state index >= 15 is 0 Å². The molecule has 1 fully saturated rings. The fourth-order valence-corrected chi connectivity index (χ4v) is 4.81. The van der Waals surface area contributed by atoms with Crippen LogP contribution in [0.3, 0.4) is 0 Å². The summed E-state index contributed by atoms with van der Waals surface area (Å²) in [6.07, 6.45) is 3.61. The molecule has 1 aromatic heterocycles. The van der Waals surface area contributed by atoms with Gasteiger partial charge in [0.05, 0.1) is 11.4 Å². The van der Waals surface area contributed by atoms with Gasteiger partial charge < -0.3 is 0 Å². The minimum absolute atomic E-state index is 0.155. The molecule has 0 saturated carbocycles. The lowest BCUT2D eigenvalue weighted by Gasteiger charge is -2.16. The highest BCUT2D eigenvalue weighted by atomic mass is 32.2. The molecule has 0 spiro atoms. The number of aromatic nitrogens is 1. The summed E-state index contributed by atoms with van der Waals surface area (Å²) in [4.78, 5) is 27.1. The molecule has 0 bridgehead atoms. The van der Waals surface area contributed by atoms with Crippen LogP contribution in [0.5, 0.6) is 0 Å². The summed E-state index contributed by atoms with van der Waals surface area (Å²) in [6, 6.07) is 6.95. The van der Waals surface area contributed by atoms with Crippen LogP contribution in [0, 0.1) is 0 Å². The number of carbonyl (C=O) groups excluding carboxylic acids is 2. The van der Waals surface area contributed by atoms with Crippen molar-refractivity contribution in [3.63, 3.8) is 0 Å². The molecule has 1 aliphatic rings. The number of ketones is 1. The van der Waals surface area contributed by atoms with E-state index < -0.39 is 10.0 Å². The molecule has 136 valence electrons. The average molecular weight is 391 g/mol. The second kappa shape index (κ2) is 7.38. The third-order valence-corrected chi connectivity index (χ3v) is 6.43. The van der Waals surface area contributed by atoms with Crippen molar-refractivity contribution in [3.05, 3.63) is 47.0 Å². The first-order valence-electron chi connectivity index (χ1n) is 7.91. The van der Waals surface area contributed by atoms with Crippen molar-refractivity contribution < 1.29 is 18.0 Å². The first kappa shape index (κ1) is 18.3. The number of thiazole rings is 1. The molecule has 1 aliphatic heterocycles. The second-order valence-corrected chi connectivity index (χ2v) is 8.62. The van der Waals surface area contributed by atoms with E-state index in [0.29, 0.717) is 29.5 Å². The number of carbonyl (C=O) groups is 2. The van der Waals surface area contributed by atoms with Crippen molar-refractivity contribution in [1.29, 1.82) is 0 Å². The van der Waals surface area contributed by atoms with Gasteiger partial charge in [-0.1, -0.05) is 12.1 Å². The van der Waals surface area contributed by atoms with Gasteiger partial charge >= 0.3 is 0 Å². The minimum Gasteiger partial charge on any atom is -0.298 e. The molecule has 0 atom stereocenters. The Balaban J connectivity index is 1.63. The highest BCUT2D eigenvalue weighted by molar-refractivity contribution is 7.93. The van der Waals surface area contributed by atoms with Gasteiger partial charge in [0.2, 0.25) is 15.9 Å². The summed E-state index contributed by atoms with van der Waals surface area (Å²) in [5.41, 5.74) is 1.72. The Morgan fingerprint density at radius 3 is 2.58 bits per heavy atom. The lowest BCUT2D eigenvalue weighted by molar-refractivity contribution is -0.111. The van der Waals surface area contributed by atoms with Crippen LogP contribution in [-0.4, -0.2) is 37.4 Å². The minimum atomic E-state index is -3.20. The molecule has 3 rings (SSSR count). The van der Waals surface area contributed by atoms with E-state index in [2.05, 4.69) is 10.3 Å². The van der Waals surface area contributed by atoms with E-state index in [0.717, 1.165) is 5.56 Å². The number of Topliss-reactive ketones (excluding diaryl/α,β-unsaturated/α-hetero) is 1. The van der Waals surface area contributed by atoms with Crippen molar-refractivity contribution >= 4 is 49.9 Å². The van der Waals surface area contributed by atoms with Gasteiger partial charge in [-0.15, -0.1) is 11.3 Å². The Morgan fingerprint density at radius 2 is 2.00 bits per heavy atom. The summed E-state index contributed by atoms with van der Waals surface area (Å²) in [7, 11) is -3.20. The number of hydrogen-bond acceptors (Lipinski definition) is 6. The fourth-order valence-electron chi connectivity index (χ4n) is 2.49. The molecule has 26 heavy (non-hydrogen) atoms. The Labute approximate surface area is 155 Å². The predicted octanol–water partition coefficient (Wildman–Crippen LogP) is 2.54. The summed E-state index contributed by atoms with van der Waals surface area (Å²) in [5.74, 6) is -0.338. The zero-order valence-electron chi connectivity index (χ0n) is 14.0. The first-order chi connectivity index (χ1) is 12.3. The zero-order valence-corrected chi connectivity index (χ0v) is 15.6. The molecule has 0 aliphatic carbocycles. The molecule has 1 saturated heterocycles. The molecule has 1 N–H and O–H groups in total. The lowest BCUT2D eigenvalue weighted by atomic mass is 10.2. The molecule has 0 radical (unpaired) electrons. The van der Waals surface area contributed by atoms with Crippen LogP contribution < -0.4 is 9.62 Å². The van der Waals surface area contributed by atoms with Crippen LogP contribution in [0.4, 0.5) is 10.8 Å². The molecule has 9 heteroatoms. The number of nitrogens with one attached hydrogen (secondary N) is 1. The maximum absolute atomic E-state index is 11.9. The molecular weight excluding hydrogens is 374 g/mol. The topological polar surface area (TPSA) is 96.4 Å². The Bertz CT molecular complexity index is 962. The van der Waals surface area contributed by atoms with Crippen LogP contribution in [-0.2, 0) is 14.8 Å². The standard InChI is InChI=1S/C17H17N3O4S2/c1-12(21)15-11-25-17(18-15)19-16(22)8-5-13-3-6-14(7-4-13)20-9-2-10-26(20,23)24/h3-8,11H,2,9-10H2,1H3,(H,18,19,22)/b8-5+. The largest absolute Gasteiger partial charge is 0.298 e. The molecule has 0 unspecified atom stereocenters. The van der Waals surface area contributed by atoms with Gasteiger partial charge in [-0.05, 0) is 30.2 Å². The number of nitrogens with zero attached hydrogens (tertiary/aromatic N) is 2. The summed E-state index contributed by atoms with van der Waals surface area (Å²) in [6.45, 7) is 1.91. The quantitative estimate of drug-likeness (QED) is 0.624. The normalized spacial score (nSPS) is 16.1. The fraction of sp³-hybridized carbons (Fsp3) is 0.235. The lowest BCUT2D eigenvalue weighted by Crippen LogP contribution is -2.24. The summed E-state index contributed by atoms with van der Waals surface area (Å²) in [5, 5.41) is 4.55. The van der Waals surface area contributed by atoms with Crippen molar-refractivity contribution in [1.82, 2.24) is 4.98 Å². The van der Waals surface area contributed by atoms with Gasteiger partial charge in [-0.25, -0.2) is 13.4 Å². The third kappa shape index (κ3) is 4.17. The Kier molecular flexibility index (Phi) is 5.19. The zero-order chi connectivity index (χ0) is 18.7. The maximum atomic E-state index is 11.9. The number of hydrogen-bond donors (Lipinski definition) is 1. The number of amides is 1. The molecule has 7 nitrogen and oxygen atoms in total. The van der Waals surface area contributed by atoms with Crippen molar-refractivity contribution in [3.8, 4) is 0 Å². The number of benzene rings is 1. The monoisotopic (exact) mass is 391 g/mol. The molecule has 1 aromatic carbocycles. The van der Waals surface area contributed by atoms with Crippen molar-refractivity contribution in [2.45, 2.75) is 13.3 Å². The number of rotatable bonds is 5. The average Bonchev–Trinajstić information content (AvgIpc) is 3.19. The van der Waals surface area contributed by atoms with E-state index in [9.17, 15) is 18.0 Å². The second-order valence-electron chi connectivity index (χ2n) is 5.75. The smallest absolute Gasteiger partial charge is 0.250 e. The van der Waals surface area contributed by atoms with Crippen molar-refractivity contribution in [2.75, 3.05) is 21.9 Å². The number of sulfonamides is 1. The van der Waals surface area contributed by atoms with Crippen LogP contribution in [0.25, 0.3) is 6.08 Å². The molecular formula is C17H17N3O4S2. The van der Waals surface area contributed by atoms with Gasteiger partial charge in [0.1, 0.15) is 5.69 Å². The van der Waals surface area contributed by atoms with Gasteiger partial charge in [0.25, 0.3) is 0 Å². The van der Waals surface area contributed by atoms with Crippen LogP contribution >= 0.6 is 11.3 Å². The van der Waals surface area contributed by atoms with Gasteiger partial charge in [0, 0.05) is 24.9 Å². The van der Waals surface area contributed by atoms with Crippen molar-refractivity contribution in [2.24, 2.45) is 0 Å². The molecule has 2 heterocycles.